The van der Waals surface area contributed by atoms with E-state index in [4.69, 9.17) is 5.11 Å². The molecule has 1 saturated carbocycles. The lowest BCUT2D eigenvalue weighted by Gasteiger charge is -2.43. The molecule has 0 radical (unpaired) electrons. The predicted octanol–water partition coefficient (Wildman–Crippen LogP) is 0.796. The monoisotopic (exact) mass is 270 g/mol. The van der Waals surface area contributed by atoms with Crippen molar-refractivity contribution in [3.05, 3.63) is 0 Å². The van der Waals surface area contributed by atoms with Crippen molar-refractivity contribution in [3.63, 3.8) is 0 Å². The highest BCUT2D eigenvalue weighted by Crippen LogP contribution is 2.35. The Kier molecular flexibility index (Phi) is 3.99. The lowest BCUT2D eigenvalue weighted by atomic mass is 9.74. The summed E-state index contributed by atoms with van der Waals surface area (Å²) in [5, 5.41) is 21.2. The molecule has 0 aromatic heterocycles. The summed E-state index contributed by atoms with van der Waals surface area (Å²) in [6.45, 7) is 2.60. The number of likely N-dealkylation sites (tertiary alicyclic amines) is 1. The van der Waals surface area contributed by atoms with Gasteiger partial charge in [-0.15, -0.1) is 0 Å². The van der Waals surface area contributed by atoms with Gasteiger partial charge in [-0.2, -0.15) is 0 Å². The van der Waals surface area contributed by atoms with Crippen LogP contribution >= 0.6 is 0 Å². The minimum absolute atomic E-state index is 0.0219. The van der Waals surface area contributed by atoms with Crippen LogP contribution in [-0.2, 0) is 4.79 Å². The number of hydrogen-bond acceptors (Lipinski definition) is 3. The van der Waals surface area contributed by atoms with Crippen LogP contribution in [0.4, 0.5) is 4.79 Å². The van der Waals surface area contributed by atoms with E-state index >= 15 is 0 Å². The third-order valence-corrected chi connectivity index (χ3v) is 4.50. The van der Waals surface area contributed by atoms with Gasteiger partial charge in [-0.1, -0.05) is 6.92 Å². The molecule has 1 saturated heterocycles. The molecule has 2 aliphatic rings. The average molecular weight is 270 g/mol. The Bertz CT molecular complexity index is 368. The number of aliphatic hydroxyl groups excluding tert-OH is 1. The summed E-state index contributed by atoms with van der Waals surface area (Å²) >= 11 is 0. The van der Waals surface area contributed by atoms with Crippen molar-refractivity contribution in [2.24, 2.45) is 5.92 Å². The van der Waals surface area contributed by atoms with Crippen LogP contribution in [0.25, 0.3) is 0 Å². The van der Waals surface area contributed by atoms with Gasteiger partial charge in [-0.25, -0.2) is 4.79 Å². The fourth-order valence-electron chi connectivity index (χ4n) is 3.08. The molecule has 2 rings (SSSR count). The number of hydrogen-bond donors (Lipinski definition) is 3. The van der Waals surface area contributed by atoms with Crippen LogP contribution in [0.1, 0.15) is 39.0 Å². The normalized spacial score (nSPS) is 28.8. The molecule has 3 N–H and O–H groups in total. The van der Waals surface area contributed by atoms with Gasteiger partial charge in [0.15, 0.2) is 0 Å². The van der Waals surface area contributed by atoms with Crippen LogP contribution < -0.4 is 5.32 Å². The van der Waals surface area contributed by atoms with Crippen LogP contribution in [0.15, 0.2) is 0 Å². The third kappa shape index (κ3) is 2.83. The average Bonchev–Trinajstić information content (AvgIpc) is 2.66. The fraction of sp³-hybridized carbons (Fsp3) is 0.846. The van der Waals surface area contributed by atoms with Gasteiger partial charge >= 0.3 is 12.0 Å². The van der Waals surface area contributed by atoms with Gasteiger partial charge < -0.3 is 20.4 Å². The molecule has 0 spiro atoms. The molecule has 0 aromatic rings. The fourth-order valence-corrected chi connectivity index (χ4v) is 3.08. The summed E-state index contributed by atoms with van der Waals surface area (Å²) in [4.78, 5) is 24.8. The molecule has 2 atom stereocenters. The number of carboxylic acid groups (broad SMARTS) is 1. The lowest BCUT2D eigenvalue weighted by Crippen LogP contribution is -2.59. The Balaban J connectivity index is 1.98. The van der Waals surface area contributed by atoms with Gasteiger partial charge in [0.2, 0.25) is 0 Å². The first-order chi connectivity index (χ1) is 8.97. The van der Waals surface area contributed by atoms with E-state index in [0.717, 1.165) is 25.7 Å². The molecule has 2 amide bonds. The predicted molar refractivity (Wildman–Crippen MR) is 68.7 cm³/mol. The number of nitrogens with zero attached hydrogens (tertiary/aromatic N) is 1. The second-order valence-electron chi connectivity index (χ2n) is 5.84. The smallest absolute Gasteiger partial charge is 0.318 e. The van der Waals surface area contributed by atoms with E-state index in [1.54, 1.807) is 4.90 Å². The van der Waals surface area contributed by atoms with Gasteiger partial charge in [0.05, 0.1) is 24.6 Å². The molecular formula is C13H22N2O4. The van der Waals surface area contributed by atoms with Crippen molar-refractivity contribution >= 4 is 12.0 Å². The molecule has 6 heteroatoms. The summed E-state index contributed by atoms with van der Waals surface area (Å²) in [7, 11) is 0. The summed E-state index contributed by atoms with van der Waals surface area (Å²) < 4.78 is 0. The van der Waals surface area contributed by atoms with Crippen LogP contribution in [-0.4, -0.2) is 51.8 Å². The van der Waals surface area contributed by atoms with E-state index in [1.807, 2.05) is 6.92 Å². The molecule has 2 unspecified atom stereocenters. The van der Waals surface area contributed by atoms with Gasteiger partial charge in [0, 0.05) is 6.54 Å². The second-order valence-corrected chi connectivity index (χ2v) is 5.84. The summed E-state index contributed by atoms with van der Waals surface area (Å²) in [5.74, 6) is -0.596. The number of carbonyl (C=O) groups is 2. The number of urea groups is 1. The summed E-state index contributed by atoms with van der Waals surface area (Å²) in [5.41, 5.74) is -0.575. The molecule has 6 nitrogen and oxygen atoms in total. The molecule has 19 heavy (non-hydrogen) atoms. The maximum atomic E-state index is 12.3. The van der Waals surface area contributed by atoms with Crippen LogP contribution in [0.5, 0.6) is 0 Å². The van der Waals surface area contributed by atoms with Gasteiger partial charge in [0.25, 0.3) is 0 Å². The molecule has 2 fully saturated rings. The number of carboxylic acids is 1. The van der Waals surface area contributed by atoms with Gasteiger partial charge in [-0.05, 0) is 31.6 Å². The van der Waals surface area contributed by atoms with Gasteiger partial charge in [-0.3, -0.25) is 4.79 Å². The molecule has 1 aliphatic carbocycles. The minimum atomic E-state index is -0.881. The molecule has 0 bridgehead atoms. The molecule has 108 valence electrons. The Morgan fingerprint density at radius 3 is 2.58 bits per heavy atom. The Hall–Kier alpha value is -1.30. The highest BCUT2D eigenvalue weighted by atomic mass is 16.4. The number of amides is 2. The molecule has 1 aliphatic heterocycles. The second kappa shape index (κ2) is 5.36. The number of aliphatic carboxylic acids is 1. The quantitative estimate of drug-likeness (QED) is 0.704. The lowest BCUT2D eigenvalue weighted by molar-refractivity contribution is -0.139. The van der Waals surface area contributed by atoms with Crippen LogP contribution in [0.2, 0.25) is 0 Å². The van der Waals surface area contributed by atoms with Crippen molar-refractivity contribution in [2.45, 2.75) is 50.6 Å². The van der Waals surface area contributed by atoms with Crippen molar-refractivity contribution in [3.8, 4) is 0 Å². The van der Waals surface area contributed by atoms with Crippen LogP contribution in [0.3, 0.4) is 0 Å². The number of carbonyl (C=O) groups excluding carboxylic acids is 1. The zero-order valence-corrected chi connectivity index (χ0v) is 11.3. The molecule has 1 heterocycles. The largest absolute Gasteiger partial charge is 0.481 e. The Morgan fingerprint density at radius 2 is 2.11 bits per heavy atom. The molecular weight excluding hydrogens is 248 g/mol. The molecule has 0 aromatic carbocycles. The SMILES string of the molecule is CC1CCN(C(=O)NC2(CC(=O)O)CCC2)C1CO. The zero-order valence-electron chi connectivity index (χ0n) is 11.3. The Morgan fingerprint density at radius 1 is 1.42 bits per heavy atom. The van der Waals surface area contributed by atoms with E-state index in [-0.39, 0.29) is 31.0 Å². The number of aliphatic hydroxyl groups is 1. The third-order valence-electron chi connectivity index (χ3n) is 4.50. The Labute approximate surface area is 112 Å². The van der Waals surface area contributed by atoms with Crippen molar-refractivity contribution in [1.82, 2.24) is 10.2 Å². The number of nitrogens with one attached hydrogen (secondary N) is 1. The highest BCUT2D eigenvalue weighted by Gasteiger charge is 2.43. The first-order valence-electron chi connectivity index (χ1n) is 6.89. The number of rotatable bonds is 4. The first kappa shape index (κ1) is 14.1. The van der Waals surface area contributed by atoms with Crippen molar-refractivity contribution < 1.29 is 19.8 Å². The maximum Gasteiger partial charge on any atom is 0.318 e. The topological polar surface area (TPSA) is 89.9 Å². The van der Waals surface area contributed by atoms with E-state index in [2.05, 4.69) is 5.32 Å². The van der Waals surface area contributed by atoms with E-state index < -0.39 is 11.5 Å². The summed E-state index contributed by atoms with van der Waals surface area (Å²) in [6, 6.07) is -0.383. The van der Waals surface area contributed by atoms with Crippen molar-refractivity contribution in [1.29, 1.82) is 0 Å². The zero-order chi connectivity index (χ0) is 14.0. The van der Waals surface area contributed by atoms with Crippen molar-refractivity contribution in [2.75, 3.05) is 13.2 Å². The van der Waals surface area contributed by atoms with E-state index in [0.29, 0.717) is 6.54 Å². The highest BCUT2D eigenvalue weighted by molar-refractivity contribution is 5.77. The standard InChI is InChI=1S/C13H22N2O4/c1-9-3-6-15(10(9)8-16)12(19)14-13(4-2-5-13)7-11(17)18/h9-10,16H,2-8H2,1H3,(H,14,19)(H,17,18). The van der Waals surface area contributed by atoms with Crippen LogP contribution in [0, 0.1) is 5.92 Å². The van der Waals surface area contributed by atoms with Gasteiger partial charge in [0.1, 0.15) is 0 Å². The van der Waals surface area contributed by atoms with E-state index in [9.17, 15) is 14.7 Å². The van der Waals surface area contributed by atoms with E-state index in [1.165, 1.54) is 0 Å². The first-order valence-corrected chi connectivity index (χ1v) is 6.89. The summed E-state index contributed by atoms with van der Waals surface area (Å²) in [6.07, 6.45) is 3.25. The minimum Gasteiger partial charge on any atom is -0.481 e. The maximum absolute atomic E-state index is 12.3.